The third-order valence-electron chi connectivity index (χ3n) is 8.38. The first-order chi connectivity index (χ1) is 17.6. The maximum absolute atomic E-state index is 14.9. The summed E-state index contributed by atoms with van der Waals surface area (Å²) in [6.07, 6.45) is 4.50. The summed E-state index contributed by atoms with van der Waals surface area (Å²) in [6.45, 7) is 5.89. The molecule has 3 rings (SSSR count). The number of likely N-dealkylation sites (N-methyl/N-ethyl adjacent to an activating group) is 1. The van der Waals surface area contributed by atoms with Crippen LogP contribution >= 0.6 is 9.24 Å². The summed E-state index contributed by atoms with van der Waals surface area (Å²) in [5.41, 5.74) is 8.33. The Morgan fingerprint density at radius 2 is 1.79 bits per heavy atom. The van der Waals surface area contributed by atoms with E-state index in [4.69, 9.17) is 5.73 Å². The summed E-state index contributed by atoms with van der Waals surface area (Å²) in [4.78, 5) is 30.7. The normalized spacial score (nSPS) is 23.2. The van der Waals surface area contributed by atoms with Crippen molar-refractivity contribution in [3.8, 4) is 0 Å². The van der Waals surface area contributed by atoms with Gasteiger partial charge in [0.1, 0.15) is 18.1 Å². The molecule has 1 fully saturated rings. The zero-order valence-electron chi connectivity index (χ0n) is 23.9. The number of amides is 3. The lowest BCUT2D eigenvalue weighted by atomic mass is 9.63. The fourth-order valence-corrected chi connectivity index (χ4v) is 5.74. The number of aryl methyl sites for hydroxylation is 1. The first kappa shape index (κ1) is 30.0. The van der Waals surface area contributed by atoms with Crippen LogP contribution in [-0.4, -0.2) is 66.3 Å². The average molecular weight is 547 g/mol. The molecular weight excluding hydrogens is 502 g/mol. The van der Waals surface area contributed by atoms with Crippen LogP contribution < -0.4 is 10.6 Å². The van der Waals surface area contributed by atoms with Crippen LogP contribution in [0.4, 0.5) is 15.0 Å². The Morgan fingerprint density at radius 3 is 2.26 bits per heavy atom. The summed E-state index contributed by atoms with van der Waals surface area (Å²) < 4.78 is 16.3. The maximum atomic E-state index is 14.9. The van der Waals surface area contributed by atoms with E-state index in [1.54, 1.807) is 14.1 Å². The van der Waals surface area contributed by atoms with Crippen molar-refractivity contribution in [1.29, 1.82) is 0 Å². The highest BCUT2D eigenvalue weighted by Gasteiger charge is 2.46. The number of primary amides is 1. The smallest absolute Gasteiger partial charge is 0.320 e. The summed E-state index contributed by atoms with van der Waals surface area (Å²) >= 11 is 0. The molecule has 1 saturated carbocycles. The number of nitrogens with two attached hydrogens (primary N) is 1. The molecule has 3 amide bonds. The molecule has 0 bridgehead atoms. The molecule has 0 aliphatic heterocycles. The van der Waals surface area contributed by atoms with E-state index in [-0.39, 0.29) is 29.1 Å². The van der Waals surface area contributed by atoms with Gasteiger partial charge in [-0.15, -0.1) is 0 Å². The molecule has 2 atom stereocenters. The Balaban J connectivity index is 1.96. The molecular formula is C28H44FN6O2P. The quantitative estimate of drug-likeness (QED) is 0.466. The number of alkyl halides is 1. The van der Waals surface area contributed by atoms with Crippen LogP contribution in [0.2, 0.25) is 0 Å². The minimum atomic E-state index is -1.82. The van der Waals surface area contributed by atoms with Crippen LogP contribution in [-0.2, 0) is 22.3 Å². The number of hydrogen-bond donors (Lipinski definition) is 1. The van der Waals surface area contributed by atoms with Gasteiger partial charge in [0.15, 0.2) is 5.41 Å². The van der Waals surface area contributed by atoms with Crippen LogP contribution in [0.25, 0.3) is 0 Å². The van der Waals surface area contributed by atoms with Crippen molar-refractivity contribution >= 4 is 27.0 Å². The molecule has 2 aromatic rings. The van der Waals surface area contributed by atoms with Gasteiger partial charge in [-0.25, -0.2) is 13.9 Å². The van der Waals surface area contributed by atoms with E-state index < -0.39 is 11.4 Å². The number of hydrogen-bond acceptors (Lipinski definition) is 4. The molecule has 1 aromatic carbocycles. The first-order valence-corrected chi connectivity index (χ1v) is 13.8. The van der Waals surface area contributed by atoms with Crippen molar-refractivity contribution in [2.24, 2.45) is 11.1 Å². The van der Waals surface area contributed by atoms with Crippen LogP contribution in [0.3, 0.4) is 0 Å². The Labute approximate surface area is 228 Å². The van der Waals surface area contributed by atoms with Crippen LogP contribution in [0.15, 0.2) is 30.3 Å². The number of nitrogens with zero attached hydrogens (tertiary/aromatic N) is 5. The van der Waals surface area contributed by atoms with E-state index in [9.17, 15) is 14.0 Å². The average Bonchev–Trinajstić information content (AvgIpc) is 3.26. The van der Waals surface area contributed by atoms with Crippen LogP contribution in [0.5, 0.6) is 0 Å². The van der Waals surface area contributed by atoms with Crippen molar-refractivity contribution in [2.45, 2.75) is 70.4 Å². The summed E-state index contributed by atoms with van der Waals surface area (Å²) in [5.74, 6) is 0.122. The van der Waals surface area contributed by atoms with E-state index in [0.29, 0.717) is 12.4 Å². The van der Waals surface area contributed by atoms with Crippen LogP contribution in [0.1, 0.15) is 62.8 Å². The van der Waals surface area contributed by atoms with Gasteiger partial charge in [-0.2, -0.15) is 5.10 Å². The predicted molar refractivity (Wildman–Crippen MR) is 154 cm³/mol. The fraction of sp³-hybridized carbons (Fsp3) is 0.607. The largest absolute Gasteiger partial charge is 0.351 e. The molecule has 210 valence electrons. The van der Waals surface area contributed by atoms with Gasteiger partial charge in [-0.05, 0) is 71.0 Å². The van der Waals surface area contributed by atoms with E-state index in [0.717, 1.165) is 32.1 Å². The second kappa shape index (κ2) is 11.3. The van der Waals surface area contributed by atoms with Gasteiger partial charge in [0.2, 0.25) is 5.91 Å². The SMILES string of the molecule is CCC1(CN(C(N)=O)c2cc(C(C)(F)P)nn2CC(=O)N(C)C)CCC(c2cccc(C)c2)(N(C)C)CC1. The van der Waals surface area contributed by atoms with Gasteiger partial charge in [0, 0.05) is 32.2 Å². The number of urea groups is 1. The molecule has 10 heteroatoms. The Hall–Kier alpha value is -2.51. The highest BCUT2D eigenvalue weighted by atomic mass is 31.0. The highest BCUT2D eigenvalue weighted by Crippen LogP contribution is 2.50. The number of carbonyl (C=O) groups is 2. The van der Waals surface area contributed by atoms with Gasteiger partial charge in [0.05, 0.1) is 0 Å². The van der Waals surface area contributed by atoms with Gasteiger partial charge in [0.25, 0.3) is 0 Å². The van der Waals surface area contributed by atoms with Gasteiger partial charge < -0.3 is 10.6 Å². The molecule has 2 N–H and O–H groups in total. The number of halogens is 1. The van der Waals surface area contributed by atoms with E-state index in [1.165, 1.54) is 38.6 Å². The first-order valence-electron chi connectivity index (χ1n) is 13.2. The summed E-state index contributed by atoms with van der Waals surface area (Å²) in [7, 11) is 9.68. The minimum absolute atomic E-state index is 0.0925. The van der Waals surface area contributed by atoms with Crippen molar-refractivity contribution in [3.05, 3.63) is 47.2 Å². The Bertz CT molecular complexity index is 1150. The van der Waals surface area contributed by atoms with Crippen molar-refractivity contribution in [1.82, 2.24) is 19.6 Å². The minimum Gasteiger partial charge on any atom is -0.351 e. The monoisotopic (exact) mass is 546 g/mol. The fourth-order valence-electron chi connectivity index (χ4n) is 5.60. The Kier molecular flexibility index (Phi) is 8.94. The Morgan fingerprint density at radius 1 is 1.16 bits per heavy atom. The van der Waals surface area contributed by atoms with E-state index >= 15 is 0 Å². The molecule has 2 unspecified atom stereocenters. The predicted octanol–water partition coefficient (Wildman–Crippen LogP) is 4.61. The zero-order chi connectivity index (χ0) is 28.5. The number of carbonyl (C=O) groups excluding carboxylic acids is 2. The molecule has 0 spiro atoms. The molecule has 1 aliphatic carbocycles. The molecule has 1 aromatic heterocycles. The number of rotatable bonds is 9. The number of aromatic nitrogens is 2. The van der Waals surface area contributed by atoms with Crippen molar-refractivity contribution in [3.63, 3.8) is 0 Å². The van der Waals surface area contributed by atoms with Gasteiger partial charge in [-0.3, -0.25) is 14.6 Å². The highest BCUT2D eigenvalue weighted by molar-refractivity contribution is 7.18. The van der Waals surface area contributed by atoms with Gasteiger partial charge >= 0.3 is 6.03 Å². The second-order valence-electron chi connectivity index (χ2n) is 11.5. The second-order valence-corrected chi connectivity index (χ2v) is 12.6. The van der Waals surface area contributed by atoms with Gasteiger partial charge in [-0.1, -0.05) is 46.0 Å². The lowest BCUT2D eigenvalue weighted by Crippen LogP contribution is -2.51. The lowest BCUT2D eigenvalue weighted by molar-refractivity contribution is -0.129. The van der Waals surface area contributed by atoms with Crippen molar-refractivity contribution < 1.29 is 14.0 Å². The summed E-state index contributed by atoms with van der Waals surface area (Å²) in [5, 5.41) is 2.54. The molecule has 0 saturated heterocycles. The third-order valence-corrected chi connectivity index (χ3v) is 8.67. The van der Waals surface area contributed by atoms with Crippen LogP contribution in [0, 0.1) is 12.3 Å². The summed E-state index contributed by atoms with van der Waals surface area (Å²) in [6, 6.07) is 9.60. The van der Waals surface area contributed by atoms with Crippen molar-refractivity contribution in [2.75, 3.05) is 39.6 Å². The molecule has 1 aliphatic rings. The molecule has 38 heavy (non-hydrogen) atoms. The number of anilines is 1. The topological polar surface area (TPSA) is 87.7 Å². The van der Waals surface area contributed by atoms with E-state index in [1.807, 2.05) is 0 Å². The standard InChI is InChI=1S/C28H44FN6O2P/c1-8-27(12-14-28(15-13-27,33(6)7)21-11-9-10-20(2)16-21)19-34(25(30)37)23-17-22(26(3,29)38)31-35(23)18-24(36)32(4)5/h9-11,16-17H,8,12-15,18-19,38H2,1-7H3,(H2,30,37). The number of benzene rings is 1. The zero-order valence-corrected chi connectivity index (χ0v) is 25.1. The van der Waals surface area contributed by atoms with E-state index in [2.05, 4.69) is 71.4 Å². The molecule has 1 heterocycles. The maximum Gasteiger partial charge on any atom is 0.320 e. The molecule has 0 radical (unpaired) electrons. The third kappa shape index (κ3) is 6.20. The lowest BCUT2D eigenvalue weighted by Gasteiger charge is -2.51. The molecule has 8 nitrogen and oxygen atoms in total.